The Labute approximate surface area is 803 Å². The van der Waals surface area contributed by atoms with Crippen LogP contribution in [0, 0.1) is 0 Å². The van der Waals surface area contributed by atoms with Crippen LogP contribution in [0.25, 0.3) is 0 Å². The highest BCUT2D eigenvalue weighted by Gasteiger charge is 2.33. The molecular weight excluding hydrogens is 2040 g/mol. The number of ether oxygens (including phenoxy) is 6. The third kappa shape index (κ3) is 66.1. The van der Waals surface area contributed by atoms with Crippen molar-refractivity contribution >= 4 is 116 Å². The van der Waals surface area contributed by atoms with E-state index < -0.39 is 166 Å². The topological polar surface area (TPSA) is 799 Å². The normalized spacial score (nSPS) is 12.8. The minimum atomic E-state index is -4.87. The number of phosphoric acid groups is 8. The molecule has 0 aliphatic carbocycles. The van der Waals surface area contributed by atoms with E-state index in [0.717, 1.165) is 69.4 Å². The number of nitrogens with one attached hydrogen (secondary N) is 3. The summed E-state index contributed by atoms with van der Waals surface area (Å²) in [5.41, 5.74) is 0. The molecule has 9 amide bonds. The van der Waals surface area contributed by atoms with Gasteiger partial charge in [0, 0.05) is 79.0 Å². The van der Waals surface area contributed by atoms with Crippen LogP contribution < -0.4 is 44.4 Å². The van der Waals surface area contributed by atoms with Crippen LogP contribution in [0.2, 0.25) is 0 Å². The van der Waals surface area contributed by atoms with Crippen molar-refractivity contribution in [2.24, 2.45) is 0 Å². The van der Waals surface area contributed by atoms with Crippen LogP contribution in [0.5, 0.6) is 34.5 Å². The summed E-state index contributed by atoms with van der Waals surface area (Å²) in [6, 6.07) is 17.6. The van der Waals surface area contributed by atoms with E-state index in [2.05, 4.69) is 102 Å². The Kier molecular flexibility index (Phi) is 61.5. The molecule has 6 unspecified atom stereocenters. The molecule has 0 heterocycles. The first-order chi connectivity index (χ1) is 65.0. The van der Waals surface area contributed by atoms with Crippen LogP contribution in [0.15, 0.2) is 187 Å². The minimum absolute atomic E-state index is 0.0323. The average molecular weight is 2160 g/mol. The largest absolute Gasteiger partial charge is 0.491 e. The Bertz CT molecular complexity index is 4710. The predicted molar refractivity (Wildman–Crippen MR) is 492 cm³/mol. The number of carbonyl (C=O) groups is 9. The molecule has 64 heteroatoms. The molecule has 0 aliphatic heterocycles. The lowest BCUT2D eigenvalue weighted by molar-refractivity contribution is -0.131. The Morgan fingerprint density at radius 1 is 0.279 bits per heavy atom. The fraction of sp³-hybridized carbons (Fsp3) is 0.408. The highest BCUT2D eigenvalue weighted by atomic mass is 31.2. The highest BCUT2D eigenvalue weighted by Crippen LogP contribution is 2.43. The van der Waals surface area contributed by atoms with Gasteiger partial charge in [-0.1, -0.05) is 59.2 Å². The molecule has 0 bridgehead atoms. The van der Waals surface area contributed by atoms with Crippen molar-refractivity contribution in [3.8, 4) is 34.5 Å². The quantitative estimate of drug-likeness (QED) is 0.0278. The molecule has 3 aromatic carbocycles. The van der Waals surface area contributed by atoms with Gasteiger partial charge in [-0.3, -0.25) is 79.3 Å². The van der Waals surface area contributed by atoms with E-state index in [4.69, 9.17) is 96.2 Å². The standard InChI is InChI=1S/C22H34N2O12P2.C19H28N2O12P2.C18H26N2O12P2.C17H29N3O11P2/c1-5-21(25)23(7-3)13-19(35-37(27,28)29)15-33-17-9-11-18(12-10-17)34-16-20(36-38(30,31)32)14-24(8-4)22(26)6-2;1-4-18(22)20-10-16(32-34(24,25)26)12-30-14-6-8-15(9-7-14)31-13-17(33-35(27,28)29)11-21(3)19(23)5-2;1-3-17(21)19-9-15(31-33(23,24)25)11-29-13-5-7-14(8-6-13)30-12-16(32-34(26,27)28)10-20-18(22)4-2;1-4-15(21)18(7-9-19(16(22)5-2)11-13-30-32(24,25)26)8-10-20(17(23)6-3)12-14-31-33(27,28)29/h5-6,9-12,19-20H,1-2,7-8,13-16H2,3-4H3,(H2,27,28,29)(H2,30,31,32);4-9,16-17H,1-2,10-13H2,3H3,(H,20,22)(H2,24,25,26)(H2,27,28,29);3-8,15-16H,1-2,9-12H2,(H,19,21)(H,20,22)(H2,23,24,25)(H2,26,27,28);4-6H,1-3,7-14H2,(H2,24,25,26)(H2,27,28,29). The molecule has 0 aromatic heterocycles. The van der Waals surface area contributed by atoms with E-state index >= 15 is 0 Å². The zero-order valence-corrected chi connectivity index (χ0v) is 82.7. The first-order valence-corrected chi connectivity index (χ1v) is 52.3. The lowest BCUT2D eigenvalue weighted by atomic mass is 10.3. The third-order valence-electron chi connectivity index (χ3n) is 16.5. The fourth-order valence-corrected chi connectivity index (χ4v) is 14.0. The monoisotopic (exact) mass is 2160 g/mol. The van der Waals surface area contributed by atoms with Gasteiger partial charge in [-0.25, -0.2) is 36.5 Å². The Hall–Kier alpha value is -9.77. The van der Waals surface area contributed by atoms with Crippen LogP contribution in [-0.2, 0) is 116 Å². The molecule has 0 saturated carbocycles. The van der Waals surface area contributed by atoms with Gasteiger partial charge in [-0.05, 0) is 141 Å². The van der Waals surface area contributed by atoms with E-state index in [0.29, 0.717) is 0 Å². The number of hydrogen-bond acceptors (Lipinski definition) is 31. The van der Waals surface area contributed by atoms with E-state index in [1.165, 1.54) is 94.5 Å². The highest BCUT2D eigenvalue weighted by molar-refractivity contribution is 7.48. The summed E-state index contributed by atoms with van der Waals surface area (Å²) >= 11 is 0. The molecule has 0 aliphatic rings. The molecule has 0 spiro atoms. The van der Waals surface area contributed by atoms with Crippen molar-refractivity contribution in [1.29, 1.82) is 0 Å². The minimum Gasteiger partial charge on any atom is -0.491 e. The lowest BCUT2D eigenvalue weighted by Crippen LogP contribution is -2.45. The van der Waals surface area contributed by atoms with Crippen molar-refractivity contribution in [2.45, 2.75) is 50.5 Å². The zero-order valence-electron chi connectivity index (χ0n) is 75.6. The van der Waals surface area contributed by atoms with Crippen molar-refractivity contribution in [2.75, 3.05) is 152 Å². The molecule has 0 radical (unpaired) electrons. The SMILES string of the molecule is C=CC(=O)N(CC)CC(COc1ccc(OCC(CN(CC)C(=O)C=C)OP(=O)(O)O)cc1)OP(=O)(O)O.C=CC(=O)N(CCOP(=O)(O)O)CCN(CCN(CCOP(=O)(O)O)C(=O)C=C)C(=O)C=C.C=CC(=O)NCC(COc1ccc(OCC(CN(C)C(=O)C=C)OP(=O)(O)O)cc1)OP(=O)(O)O.C=CC(=O)NCC(COc1ccc(OCC(CNC(=O)C=C)OP(=O)(O)O)cc1)OP(=O)(O)O. The molecule has 6 atom stereocenters. The maximum absolute atomic E-state index is 12.2. The van der Waals surface area contributed by atoms with E-state index in [1.54, 1.807) is 13.8 Å². The van der Waals surface area contributed by atoms with Gasteiger partial charge in [0.25, 0.3) is 0 Å². The first-order valence-electron chi connectivity index (χ1n) is 40.0. The maximum Gasteiger partial charge on any atom is 0.470 e. The lowest BCUT2D eigenvalue weighted by Gasteiger charge is -2.29. The molecule has 56 nitrogen and oxygen atoms in total. The number of rotatable bonds is 67. The van der Waals surface area contributed by atoms with Gasteiger partial charge >= 0.3 is 62.6 Å². The molecule has 3 rings (SSSR count). The molecule has 19 N–H and O–H groups in total. The van der Waals surface area contributed by atoms with Gasteiger partial charge < -0.3 is 152 Å². The van der Waals surface area contributed by atoms with E-state index in [-0.39, 0.29) is 166 Å². The van der Waals surface area contributed by atoms with Gasteiger partial charge in [-0.15, -0.1) is 0 Å². The van der Waals surface area contributed by atoms with Crippen molar-refractivity contribution in [1.82, 2.24) is 45.3 Å². The Morgan fingerprint density at radius 3 is 0.650 bits per heavy atom. The second-order valence-corrected chi connectivity index (χ2v) is 36.9. The summed E-state index contributed by atoms with van der Waals surface area (Å²) in [6.07, 6.45) is 2.17. The number of carbonyl (C=O) groups excluding carboxylic acids is 9. The Balaban J connectivity index is 0.00000184. The van der Waals surface area contributed by atoms with Gasteiger partial charge in [0.15, 0.2) is 0 Å². The van der Waals surface area contributed by atoms with Gasteiger partial charge in [0.1, 0.15) is 111 Å². The number of phosphoric ester groups is 8. The number of nitrogens with zero attached hydrogens (tertiary/aromatic N) is 6. The summed E-state index contributed by atoms with van der Waals surface area (Å²) < 4.78 is 158. The van der Waals surface area contributed by atoms with Crippen molar-refractivity contribution < 1.29 is 223 Å². The second kappa shape index (κ2) is 66.1. The molecule has 0 fully saturated rings. The number of hydrogen-bond donors (Lipinski definition) is 19. The molecule has 140 heavy (non-hydrogen) atoms. The molecule has 0 saturated heterocycles. The summed E-state index contributed by atoms with van der Waals surface area (Å²) in [5, 5.41) is 7.03. The molecule has 3 aromatic rings. The van der Waals surface area contributed by atoms with Crippen LogP contribution in [-0.4, -0.2) is 349 Å². The van der Waals surface area contributed by atoms with Crippen LogP contribution in [0.1, 0.15) is 13.8 Å². The number of likely N-dealkylation sites (N-methyl/N-ethyl adjacent to an activating group) is 3. The first kappa shape index (κ1) is 130. The summed E-state index contributed by atoms with van der Waals surface area (Å²) in [7, 11) is -37.2. The predicted octanol–water partition coefficient (Wildman–Crippen LogP) is 1.07. The van der Waals surface area contributed by atoms with Crippen molar-refractivity contribution in [3.05, 3.63) is 187 Å². The van der Waals surface area contributed by atoms with E-state index in [1.807, 2.05) is 0 Å². The summed E-state index contributed by atoms with van der Waals surface area (Å²) in [6.45, 7) is 29.3. The van der Waals surface area contributed by atoms with Gasteiger partial charge in [0.05, 0.1) is 32.8 Å². The van der Waals surface area contributed by atoms with Crippen LogP contribution in [0.3, 0.4) is 0 Å². The zero-order chi connectivity index (χ0) is 107. The van der Waals surface area contributed by atoms with Crippen molar-refractivity contribution in [3.63, 3.8) is 0 Å². The van der Waals surface area contributed by atoms with Gasteiger partial charge in [0.2, 0.25) is 53.2 Å². The number of amides is 9. The maximum atomic E-state index is 12.2. The Morgan fingerprint density at radius 2 is 0.464 bits per heavy atom. The molecule has 788 valence electrons. The second-order valence-electron chi connectivity index (χ2n) is 27.3. The van der Waals surface area contributed by atoms with Gasteiger partial charge in [-0.2, -0.15) is 0 Å². The molecular formula is C76H117N9O47P8. The number of benzene rings is 3. The summed E-state index contributed by atoms with van der Waals surface area (Å²) in [5.74, 6) is -3.05. The average Bonchev–Trinajstić information content (AvgIpc) is 0.873. The van der Waals surface area contributed by atoms with E-state index in [9.17, 15) is 99.2 Å². The fourth-order valence-electron chi connectivity index (χ4n) is 10.2. The summed E-state index contributed by atoms with van der Waals surface area (Å²) in [4.78, 5) is 257. The smallest absolute Gasteiger partial charge is 0.470 e. The van der Waals surface area contributed by atoms with Crippen LogP contribution in [0.4, 0.5) is 0 Å². The van der Waals surface area contributed by atoms with Crippen LogP contribution >= 0.6 is 62.6 Å². The third-order valence-corrected chi connectivity index (χ3v) is 20.9.